The molecule has 0 aliphatic carbocycles. The standard InChI is InChI=1S/C13H27NO4/c1-4-6-7-18-10-12(15)8-14(9-13(16)17)11(3)5-2/h11-12,15H,4-10H2,1-3H3,(H,16,17). The molecule has 0 heterocycles. The number of aliphatic hydroxyl groups excluding tert-OH is 1. The highest BCUT2D eigenvalue weighted by molar-refractivity contribution is 5.69. The number of carboxylic acid groups (broad SMARTS) is 1. The molecule has 0 aliphatic rings. The summed E-state index contributed by atoms with van der Waals surface area (Å²) < 4.78 is 5.33. The van der Waals surface area contributed by atoms with Crippen LogP contribution in [0.2, 0.25) is 0 Å². The van der Waals surface area contributed by atoms with Gasteiger partial charge < -0.3 is 14.9 Å². The van der Waals surface area contributed by atoms with Crippen molar-refractivity contribution in [3.05, 3.63) is 0 Å². The fraction of sp³-hybridized carbons (Fsp3) is 0.923. The first kappa shape index (κ1) is 17.4. The molecule has 5 heteroatoms. The highest BCUT2D eigenvalue weighted by atomic mass is 16.5. The van der Waals surface area contributed by atoms with Gasteiger partial charge in [-0.05, 0) is 19.8 Å². The molecule has 2 N–H and O–H groups in total. The van der Waals surface area contributed by atoms with Crippen molar-refractivity contribution in [1.82, 2.24) is 4.90 Å². The number of nitrogens with zero attached hydrogens (tertiary/aromatic N) is 1. The maximum Gasteiger partial charge on any atom is 0.317 e. The van der Waals surface area contributed by atoms with E-state index in [1.165, 1.54) is 0 Å². The van der Waals surface area contributed by atoms with Crippen molar-refractivity contribution in [3.8, 4) is 0 Å². The minimum Gasteiger partial charge on any atom is -0.480 e. The fourth-order valence-corrected chi connectivity index (χ4v) is 1.62. The van der Waals surface area contributed by atoms with Gasteiger partial charge in [-0.2, -0.15) is 0 Å². The number of carboxylic acids is 1. The van der Waals surface area contributed by atoms with Gasteiger partial charge in [-0.1, -0.05) is 20.3 Å². The van der Waals surface area contributed by atoms with E-state index in [0.29, 0.717) is 13.2 Å². The largest absolute Gasteiger partial charge is 0.480 e. The average molecular weight is 261 g/mol. The molecule has 0 rings (SSSR count). The maximum absolute atomic E-state index is 10.8. The van der Waals surface area contributed by atoms with E-state index < -0.39 is 12.1 Å². The van der Waals surface area contributed by atoms with Gasteiger partial charge >= 0.3 is 5.97 Å². The van der Waals surface area contributed by atoms with Crippen LogP contribution in [0.1, 0.15) is 40.0 Å². The average Bonchev–Trinajstić information content (AvgIpc) is 2.32. The Hall–Kier alpha value is -0.650. The molecular weight excluding hydrogens is 234 g/mol. The summed E-state index contributed by atoms with van der Waals surface area (Å²) in [5.74, 6) is -0.866. The predicted molar refractivity (Wildman–Crippen MR) is 70.7 cm³/mol. The Morgan fingerprint density at radius 2 is 2.06 bits per heavy atom. The topological polar surface area (TPSA) is 70.0 Å². The summed E-state index contributed by atoms with van der Waals surface area (Å²) in [5.41, 5.74) is 0. The highest BCUT2D eigenvalue weighted by Gasteiger charge is 2.19. The molecule has 2 atom stereocenters. The maximum atomic E-state index is 10.8. The van der Waals surface area contributed by atoms with Crippen molar-refractivity contribution in [2.45, 2.75) is 52.2 Å². The lowest BCUT2D eigenvalue weighted by atomic mass is 10.2. The molecule has 0 aromatic carbocycles. The van der Waals surface area contributed by atoms with E-state index in [9.17, 15) is 9.90 Å². The molecule has 18 heavy (non-hydrogen) atoms. The second-order valence-electron chi connectivity index (χ2n) is 4.66. The summed E-state index contributed by atoms with van der Waals surface area (Å²) in [5, 5.41) is 18.6. The van der Waals surface area contributed by atoms with Crippen LogP contribution in [0, 0.1) is 0 Å². The summed E-state index contributed by atoms with van der Waals surface area (Å²) in [6.07, 6.45) is 2.28. The Morgan fingerprint density at radius 3 is 2.56 bits per heavy atom. The fourth-order valence-electron chi connectivity index (χ4n) is 1.62. The lowest BCUT2D eigenvalue weighted by Crippen LogP contribution is -2.43. The molecular formula is C13H27NO4. The summed E-state index contributed by atoms with van der Waals surface area (Å²) in [7, 11) is 0. The van der Waals surface area contributed by atoms with Crippen molar-refractivity contribution in [2.75, 3.05) is 26.3 Å². The Kier molecular flexibility index (Phi) is 9.92. The van der Waals surface area contributed by atoms with Crippen molar-refractivity contribution in [1.29, 1.82) is 0 Å². The van der Waals surface area contributed by atoms with Crippen molar-refractivity contribution in [3.63, 3.8) is 0 Å². The summed E-state index contributed by atoms with van der Waals surface area (Å²) in [6, 6.07) is 0.145. The van der Waals surface area contributed by atoms with Crippen LogP contribution >= 0.6 is 0 Å². The molecule has 0 radical (unpaired) electrons. The smallest absolute Gasteiger partial charge is 0.317 e. The zero-order valence-corrected chi connectivity index (χ0v) is 11.8. The molecule has 0 fully saturated rings. The zero-order chi connectivity index (χ0) is 14.0. The molecule has 0 aromatic rings. The van der Waals surface area contributed by atoms with Crippen LogP contribution in [0.3, 0.4) is 0 Å². The lowest BCUT2D eigenvalue weighted by Gasteiger charge is -2.28. The van der Waals surface area contributed by atoms with Crippen LogP contribution in [0.5, 0.6) is 0 Å². The van der Waals surface area contributed by atoms with E-state index in [0.717, 1.165) is 19.3 Å². The number of unbranched alkanes of at least 4 members (excludes halogenated alkanes) is 1. The zero-order valence-electron chi connectivity index (χ0n) is 11.8. The quantitative estimate of drug-likeness (QED) is 0.549. The van der Waals surface area contributed by atoms with Gasteiger partial charge in [0, 0.05) is 19.2 Å². The molecule has 5 nitrogen and oxygen atoms in total. The first-order valence-electron chi connectivity index (χ1n) is 6.72. The van der Waals surface area contributed by atoms with Crippen molar-refractivity contribution in [2.24, 2.45) is 0 Å². The molecule has 108 valence electrons. The highest BCUT2D eigenvalue weighted by Crippen LogP contribution is 2.05. The first-order valence-corrected chi connectivity index (χ1v) is 6.72. The molecule has 0 aromatic heterocycles. The Labute approximate surface area is 110 Å². The number of carbonyl (C=O) groups is 1. The second kappa shape index (κ2) is 10.3. The van der Waals surface area contributed by atoms with Gasteiger partial charge in [0.2, 0.25) is 0 Å². The van der Waals surface area contributed by atoms with Crippen LogP contribution in [-0.4, -0.2) is 59.5 Å². The van der Waals surface area contributed by atoms with Crippen LogP contribution in [0.25, 0.3) is 0 Å². The van der Waals surface area contributed by atoms with Gasteiger partial charge in [-0.25, -0.2) is 0 Å². The van der Waals surface area contributed by atoms with E-state index in [1.54, 1.807) is 4.90 Å². The third-order valence-corrected chi connectivity index (χ3v) is 2.95. The third-order valence-electron chi connectivity index (χ3n) is 2.95. The monoisotopic (exact) mass is 261 g/mol. The molecule has 2 unspecified atom stereocenters. The van der Waals surface area contributed by atoms with Gasteiger partial charge in [0.1, 0.15) is 0 Å². The predicted octanol–water partition coefficient (Wildman–Crippen LogP) is 1.35. The van der Waals surface area contributed by atoms with E-state index in [1.807, 2.05) is 13.8 Å². The molecule has 0 amide bonds. The van der Waals surface area contributed by atoms with Crippen LogP contribution < -0.4 is 0 Å². The number of rotatable bonds is 11. The minimum atomic E-state index is -0.866. The molecule has 0 saturated heterocycles. The van der Waals surface area contributed by atoms with Gasteiger partial charge in [-0.15, -0.1) is 0 Å². The summed E-state index contributed by atoms with van der Waals surface area (Å²) >= 11 is 0. The Balaban J connectivity index is 4.01. The van der Waals surface area contributed by atoms with Gasteiger partial charge in [-0.3, -0.25) is 9.69 Å². The van der Waals surface area contributed by atoms with Crippen molar-refractivity contribution >= 4 is 5.97 Å². The summed E-state index contributed by atoms with van der Waals surface area (Å²) in [6.45, 7) is 7.27. The molecule has 0 bridgehead atoms. The van der Waals surface area contributed by atoms with E-state index in [-0.39, 0.29) is 19.2 Å². The number of aliphatic hydroxyl groups is 1. The van der Waals surface area contributed by atoms with Gasteiger partial charge in [0.25, 0.3) is 0 Å². The van der Waals surface area contributed by atoms with E-state index in [2.05, 4.69) is 6.92 Å². The number of aliphatic carboxylic acids is 1. The molecule has 0 spiro atoms. The lowest BCUT2D eigenvalue weighted by molar-refractivity contribution is -0.139. The van der Waals surface area contributed by atoms with Gasteiger partial charge in [0.05, 0.1) is 19.3 Å². The Bertz CT molecular complexity index is 223. The second-order valence-corrected chi connectivity index (χ2v) is 4.66. The van der Waals surface area contributed by atoms with Crippen LogP contribution in [0.15, 0.2) is 0 Å². The van der Waals surface area contributed by atoms with Gasteiger partial charge in [0.15, 0.2) is 0 Å². The number of hydrogen-bond donors (Lipinski definition) is 2. The third kappa shape index (κ3) is 8.44. The van der Waals surface area contributed by atoms with Crippen LogP contribution in [0.4, 0.5) is 0 Å². The minimum absolute atomic E-state index is 0.0406. The number of ether oxygens (including phenoxy) is 1. The van der Waals surface area contributed by atoms with Crippen molar-refractivity contribution < 1.29 is 19.7 Å². The number of hydrogen-bond acceptors (Lipinski definition) is 4. The Morgan fingerprint density at radius 1 is 1.39 bits per heavy atom. The SMILES string of the molecule is CCCCOCC(O)CN(CC(=O)O)C(C)CC. The van der Waals surface area contributed by atoms with E-state index >= 15 is 0 Å². The molecule has 0 aliphatic heterocycles. The van der Waals surface area contributed by atoms with E-state index in [4.69, 9.17) is 9.84 Å². The molecule has 0 saturated carbocycles. The first-order chi connectivity index (χ1) is 8.51. The van der Waals surface area contributed by atoms with Crippen LogP contribution in [-0.2, 0) is 9.53 Å². The summed E-state index contributed by atoms with van der Waals surface area (Å²) in [4.78, 5) is 12.5. The normalized spacial score (nSPS) is 14.7.